The Balaban J connectivity index is 1.35. The summed E-state index contributed by atoms with van der Waals surface area (Å²) in [4.78, 5) is 5.67. The molecule has 0 fully saturated rings. The van der Waals surface area contributed by atoms with Crippen molar-refractivity contribution in [1.82, 2.24) is 0 Å². The van der Waals surface area contributed by atoms with Crippen LogP contribution >= 0.6 is 0 Å². The molecule has 4 aromatic rings. The minimum absolute atomic E-state index is 0.0359. The molecular weight excluding hydrogens is 542 g/mol. The van der Waals surface area contributed by atoms with Crippen LogP contribution in [0.3, 0.4) is 0 Å². The number of anilines is 3. The first-order valence-electron chi connectivity index (χ1n) is 14.6. The van der Waals surface area contributed by atoms with Crippen LogP contribution < -0.4 is 4.90 Å². The van der Waals surface area contributed by atoms with E-state index in [9.17, 15) is 5.26 Å². The largest absolute Gasteiger partial charge is 0.461 e. The van der Waals surface area contributed by atoms with E-state index in [0.717, 1.165) is 33.9 Å². The van der Waals surface area contributed by atoms with Gasteiger partial charge in [0.1, 0.15) is 23.0 Å². The first kappa shape index (κ1) is 28.6. The summed E-state index contributed by atoms with van der Waals surface area (Å²) >= 11 is 0. The quantitative estimate of drug-likeness (QED) is 0.175. The summed E-state index contributed by atoms with van der Waals surface area (Å²) < 4.78 is 12.6. The van der Waals surface area contributed by atoms with Crippen molar-refractivity contribution in [2.24, 2.45) is 5.41 Å². The summed E-state index contributed by atoms with van der Waals surface area (Å²) in [5.41, 5.74) is 6.72. The van der Waals surface area contributed by atoms with E-state index in [1.54, 1.807) is 12.2 Å². The molecule has 44 heavy (non-hydrogen) atoms. The van der Waals surface area contributed by atoms with Crippen LogP contribution in [0, 0.1) is 23.3 Å². The molecule has 1 aliphatic heterocycles. The van der Waals surface area contributed by atoms with E-state index >= 15 is 0 Å². The average Bonchev–Trinajstić information content (AvgIpc) is 3.54. The Hall–Kier alpha value is -5.52. The van der Waals surface area contributed by atoms with Gasteiger partial charge in [-0.05, 0) is 84.0 Å². The highest BCUT2D eigenvalue weighted by Crippen LogP contribution is 2.52. The Morgan fingerprint density at radius 3 is 2.11 bits per heavy atom. The summed E-state index contributed by atoms with van der Waals surface area (Å²) in [6, 6.07) is 31.5. The number of fused-ring (bicyclic) bond motifs is 3. The van der Waals surface area contributed by atoms with E-state index in [1.807, 2.05) is 51.1 Å². The van der Waals surface area contributed by atoms with Crippen LogP contribution in [0.5, 0.6) is 0 Å². The van der Waals surface area contributed by atoms with Crippen LogP contribution in [-0.4, -0.2) is 0 Å². The summed E-state index contributed by atoms with van der Waals surface area (Å²) in [5, 5.41) is 9.46. The Morgan fingerprint density at radius 2 is 1.52 bits per heavy atom. The minimum Gasteiger partial charge on any atom is -0.461 e. The number of ether oxygens (including phenoxy) is 1. The van der Waals surface area contributed by atoms with Crippen LogP contribution in [-0.2, 0) is 10.2 Å². The molecule has 5 nitrogen and oxygen atoms in total. The smallest absolute Gasteiger partial charge is 0.269 e. The van der Waals surface area contributed by atoms with Gasteiger partial charge in [-0.3, -0.25) is 0 Å². The van der Waals surface area contributed by atoms with Gasteiger partial charge in [0.25, 0.3) is 5.70 Å². The summed E-state index contributed by atoms with van der Waals surface area (Å²) in [6.07, 6.45) is 7.22. The van der Waals surface area contributed by atoms with Crippen LogP contribution in [0.4, 0.5) is 17.1 Å². The number of allylic oxidation sites excluding steroid dienone is 6. The number of rotatable bonds is 5. The maximum atomic E-state index is 9.46. The fourth-order valence-corrected chi connectivity index (χ4v) is 5.72. The van der Waals surface area contributed by atoms with E-state index in [2.05, 4.69) is 96.4 Å². The molecule has 0 saturated carbocycles. The molecule has 216 valence electrons. The molecule has 0 amide bonds. The van der Waals surface area contributed by atoms with E-state index in [1.165, 1.54) is 5.56 Å². The first-order chi connectivity index (χ1) is 21.1. The fourth-order valence-electron chi connectivity index (χ4n) is 5.72. The van der Waals surface area contributed by atoms with Gasteiger partial charge in [-0.1, -0.05) is 71.0 Å². The molecule has 0 bridgehead atoms. The van der Waals surface area contributed by atoms with Crippen molar-refractivity contribution in [3.05, 3.63) is 154 Å². The molecule has 0 radical (unpaired) electrons. The van der Waals surface area contributed by atoms with Crippen molar-refractivity contribution < 1.29 is 9.15 Å². The molecule has 2 heterocycles. The molecule has 0 N–H and O–H groups in total. The van der Waals surface area contributed by atoms with Gasteiger partial charge >= 0.3 is 0 Å². The van der Waals surface area contributed by atoms with Crippen LogP contribution in [0.15, 0.2) is 130 Å². The maximum absolute atomic E-state index is 9.46. The lowest BCUT2D eigenvalue weighted by molar-refractivity contribution is 0.223. The van der Waals surface area contributed by atoms with Gasteiger partial charge in [-0.2, -0.15) is 0 Å². The van der Waals surface area contributed by atoms with E-state index in [4.69, 9.17) is 15.7 Å². The zero-order chi connectivity index (χ0) is 31.1. The zero-order valence-corrected chi connectivity index (χ0v) is 25.6. The van der Waals surface area contributed by atoms with Gasteiger partial charge in [0.15, 0.2) is 0 Å². The molecular formula is C39H33N3O2. The third-order valence-corrected chi connectivity index (χ3v) is 8.09. The highest BCUT2D eigenvalue weighted by atomic mass is 16.5. The standard InChI is InChI=1S/C39H33N3O2/c1-38(2,3)36-22-26(35(25-40)41-6)21-30(43-36)18-19-31-24-34-37(44-31)32-20-17-29(23-33(32)39(34,4)5)42(27-13-9-7-10-14-27)28-15-11-8-12-16-28/h7-24H,1-5H3/b19-18+,35-26+. The second kappa shape index (κ2) is 11.0. The molecule has 1 aliphatic carbocycles. The van der Waals surface area contributed by atoms with Gasteiger partial charge in [0.2, 0.25) is 0 Å². The Morgan fingerprint density at radius 1 is 0.864 bits per heavy atom. The molecule has 0 saturated heterocycles. The lowest BCUT2D eigenvalue weighted by atomic mass is 9.82. The minimum atomic E-state index is -0.295. The topological polar surface area (TPSA) is 53.8 Å². The predicted molar refractivity (Wildman–Crippen MR) is 176 cm³/mol. The van der Waals surface area contributed by atoms with Crippen molar-refractivity contribution in [2.45, 2.75) is 40.0 Å². The number of nitrogens with zero attached hydrogens (tertiary/aromatic N) is 3. The summed E-state index contributed by atoms with van der Waals surface area (Å²) in [5.74, 6) is 2.82. The molecule has 5 heteroatoms. The first-order valence-corrected chi connectivity index (χ1v) is 14.6. The van der Waals surface area contributed by atoms with Gasteiger partial charge in [0, 0.05) is 39.0 Å². The molecule has 0 spiro atoms. The van der Waals surface area contributed by atoms with Crippen molar-refractivity contribution in [3.8, 4) is 17.4 Å². The lowest BCUT2D eigenvalue weighted by Gasteiger charge is -2.27. The molecule has 2 aliphatic rings. The van der Waals surface area contributed by atoms with Crippen LogP contribution in [0.2, 0.25) is 0 Å². The predicted octanol–water partition coefficient (Wildman–Crippen LogP) is 10.6. The van der Waals surface area contributed by atoms with Crippen molar-refractivity contribution in [2.75, 3.05) is 4.90 Å². The van der Waals surface area contributed by atoms with Gasteiger partial charge in [-0.15, -0.1) is 0 Å². The van der Waals surface area contributed by atoms with E-state index in [0.29, 0.717) is 22.9 Å². The molecule has 0 atom stereocenters. The maximum Gasteiger partial charge on any atom is 0.269 e. The summed E-state index contributed by atoms with van der Waals surface area (Å²) in [6.45, 7) is 18.0. The Bertz CT molecular complexity index is 1900. The number of furan rings is 1. The molecule has 0 unspecified atom stereocenters. The van der Waals surface area contributed by atoms with Crippen LogP contribution in [0.25, 0.3) is 22.2 Å². The SMILES string of the molecule is [C-]#[N+]/C(C#N)=C1C=C(/C=C/c2cc3c(o2)-c2ccc(N(c4ccccc4)c4ccccc4)cc2C3(C)C)OC(C(C)(C)C)=C\1. The average molecular weight is 576 g/mol. The monoisotopic (exact) mass is 575 g/mol. The normalized spacial score (nSPS) is 16.2. The third-order valence-electron chi connectivity index (χ3n) is 8.09. The summed E-state index contributed by atoms with van der Waals surface area (Å²) in [7, 11) is 0. The second-order valence-electron chi connectivity index (χ2n) is 12.5. The highest BCUT2D eigenvalue weighted by molar-refractivity contribution is 5.84. The molecule has 3 aromatic carbocycles. The van der Waals surface area contributed by atoms with E-state index < -0.39 is 0 Å². The number of para-hydroxylation sites is 2. The number of hydrogen-bond donors (Lipinski definition) is 0. The number of nitriles is 1. The molecule has 1 aromatic heterocycles. The van der Waals surface area contributed by atoms with Gasteiger partial charge in [-0.25, -0.2) is 10.1 Å². The fraction of sp³-hybridized carbons (Fsp3) is 0.179. The lowest BCUT2D eigenvalue weighted by Crippen LogP contribution is -2.16. The van der Waals surface area contributed by atoms with Crippen molar-refractivity contribution in [3.63, 3.8) is 0 Å². The molecule has 6 rings (SSSR count). The third kappa shape index (κ3) is 5.14. The number of benzene rings is 3. The van der Waals surface area contributed by atoms with E-state index in [-0.39, 0.29) is 16.5 Å². The van der Waals surface area contributed by atoms with Crippen molar-refractivity contribution >= 4 is 23.1 Å². The van der Waals surface area contributed by atoms with Crippen LogP contribution in [0.1, 0.15) is 51.5 Å². The van der Waals surface area contributed by atoms with Crippen molar-refractivity contribution in [1.29, 1.82) is 5.26 Å². The van der Waals surface area contributed by atoms with Gasteiger partial charge in [0.05, 0.1) is 12.6 Å². The zero-order valence-electron chi connectivity index (χ0n) is 25.6. The Labute approximate surface area is 259 Å². The second-order valence-corrected chi connectivity index (χ2v) is 12.5. The highest BCUT2D eigenvalue weighted by Gasteiger charge is 2.39. The van der Waals surface area contributed by atoms with Gasteiger partial charge < -0.3 is 14.1 Å². The Kier molecular flexibility index (Phi) is 7.12. The number of hydrogen-bond acceptors (Lipinski definition) is 4.